The number of esters is 1. The Balaban J connectivity index is 2.12. The van der Waals surface area contributed by atoms with E-state index in [0.29, 0.717) is 6.42 Å². The molecule has 0 spiro atoms. The summed E-state index contributed by atoms with van der Waals surface area (Å²) in [6.07, 6.45) is 1.56. The minimum Gasteiger partial charge on any atom is -0.469 e. The number of fused-ring (bicyclic) bond motifs is 3. The molecule has 1 unspecified atom stereocenters. The molecule has 0 aliphatic heterocycles. The van der Waals surface area contributed by atoms with E-state index in [9.17, 15) is 4.79 Å². The third-order valence-electron chi connectivity index (χ3n) is 5.42. The average molecular weight is 387 g/mol. The second kappa shape index (κ2) is 7.66. The number of rotatable bonds is 5. The number of hydrogen-bond donors (Lipinski definition) is 0. The highest BCUT2D eigenvalue weighted by molar-refractivity contribution is 5.94. The molecule has 0 fully saturated rings. The van der Waals surface area contributed by atoms with Gasteiger partial charge in [-0.25, -0.2) is 9.50 Å². The molecule has 29 heavy (non-hydrogen) atoms. The van der Waals surface area contributed by atoms with Crippen LogP contribution < -0.4 is 0 Å². The Hall–Kier alpha value is -3.21. The van der Waals surface area contributed by atoms with Crippen LogP contribution in [-0.4, -0.2) is 27.7 Å². The Morgan fingerprint density at radius 1 is 1.10 bits per heavy atom. The molecule has 0 N–H and O–H groups in total. The number of aromatic nitrogens is 3. The maximum absolute atomic E-state index is 12.7. The normalized spacial score (nSPS) is 12.4. The molecule has 4 aromatic rings. The van der Waals surface area contributed by atoms with Crippen molar-refractivity contribution in [2.75, 3.05) is 7.11 Å². The SMILES string of the molecule is CCCC(C(=O)OC)c1c(C)nc2c3ccccc3nn2c1-c1ccc(C)cc1. The van der Waals surface area contributed by atoms with E-state index in [4.69, 9.17) is 14.8 Å². The Bertz CT molecular complexity index is 1190. The molecule has 5 nitrogen and oxygen atoms in total. The third-order valence-corrected chi connectivity index (χ3v) is 5.42. The third kappa shape index (κ3) is 3.27. The predicted molar refractivity (Wildman–Crippen MR) is 115 cm³/mol. The van der Waals surface area contributed by atoms with E-state index >= 15 is 0 Å². The molecule has 148 valence electrons. The zero-order valence-corrected chi connectivity index (χ0v) is 17.3. The summed E-state index contributed by atoms with van der Waals surface area (Å²) in [6.45, 7) is 6.11. The second-order valence-corrected chi connectivity index (χ2v) is 7.44. The lowest BCUT2D eigenvalue weighted by Gasteiger charge is -2.21. The van der Waals surface area contributed by atoms with Crippen molar-refractivity contribution in [1.29, 1.82) is 0 Å². The first kappa shape index (κ1) is 19.1. The first-order valence-electron chi connectivity index (χ1n) is 9.98. The molecule has 4 rings (SSSR count). The van der Waals surface area contributed by atoms with Crippen LogP contribution in [0.5, 0.6) is 0 Å². The van der Waals surface area contributed by atoms with E-state index in [2.05, 4.69) is 38.1 Å². The zero-order chi connectivity index (χ0) is 20.5. The number of nitrogens with zero attached hydrogens (tertiary/aromatic N) is 3. The summed E-state index contributed by atoms with van der Waals surface area (Å²) >= 11 is 0. The molecule has 0 amide bonds. The fraction of sp³-hybridized carbons (Fsp3) is 0.292. The lowest BCUT2D eigenvalue weighted by Crippen LogP contribution is -2.19. The standard InChI is InChI=1S/C24H25N3O2/c1-5-8-19(24(28)29-4)21-16(3)25-23-18-9-6-7-10-20(18)26-27(23)22(21)17-13-11-15(2)12-14-17/h6-7,9-14,19H,5,8H2,1-4H3. The maximum Gasteiger partial charge on any atom is 0.313 e. The molecule has 0 radical (unpaired) electrons. The molecule has 2 aromatic carbocycles. The largest absolute Gasteiger partial charge is 0.469 e. The summed E-state index contributed by atoms with van der Waals surface area (Å²) in [5.41, 5.74) is 6.52. The Kier molecular flexibility index (Phi) is 5.05. The topological polar surface area (TPSA) is 56.5 Å². The van der Waals surface area contributed by atoms with Gasteiger partial charge in [-0.05, 0) is 32.4 Å². The van der Waals surface area contributed by atoms with Crippen molar-refractivity contribution in [3.05, 3.63) is 65.4 Å². The highest BCUT2D eigenvalue weighted by Crippen LogP contribution is 2.36. The summed E-state index contributed by atoms with van der Waals surface area (Å²) in [4.78, 5) is 17.6. The van der Waals surface area contributed by atoms with E-state index in [1.165, 1.54) is 12.7 Å². The summed E-state index contributed by atoms with van der Waals surface area (Å²) in [6, 6.07) is 16.3. The average Bonchev–Trinajstić information content (AvgIpc) is 3.10. The van der Waals surface area contributed by atoms with Crippen LogP contribution in [0.3, 0.4) is 0 Å². The lowest BCUT2D eigenvalue weighted by atomic mass is 9.89. The van der Waals surface area contributed by atoms with Crippen LogP contribution >= 0.6 is 0 Å². The van der Waals surface area contributed by atoms with Gasteiger partial charge in [0, 0.05) is 22.2 Å². The van der Waals surface area contributed by atoms with Crippen molar-refractivity contribution < 1.29 is 9.53 Å². The predicted octanol–water partition coefficient (Wildman–Crippen LogP) is 5.22. The number of hydrogen-bond acceptors (Lipinski definition) is 4. The number of benzene rings is 2. The molecule has 0 saturated carbocycles. The van der Waals surface area contributed by atoms with Crippen LogP contribution in [-0.2, 0) is 9.53 Å². The summed E-state index contributed by atoms with van der Waals surface area (Å²) in [5.74, 6) is -0.619. The number of methoxy groups -OCH3 is 1. The molecule has 2 heterocycles. The van der Waals surface area contributed by atoms with Gasteiger partial charge in [0.15, 0.2) is 5.65 Å². The number of carbonyl (C=O) groups is 1. The number of ether oxygens (including phenoxy) is 1. The van der Waals surface area contributed by atoms with Crippen molar-refractivity contribution in [3.63, 3.8) is 0 Å². The quantitative estimate of drug-likeness (QED) is 0.440. The van der Waals surface area contributed by atoms with Gasteiger partial charge in [-0.1, -0.05) is 55.3 Å². The Labute approximate surface area is 170 Å². The number of aryl methyl sites for hydroxylation is 2. The maximum atomic E-state index is 12.7. The zero-order valence-electron chi connectivity index (χ0n) is 17.3. The van der Waals surface area contributed by atoms with Crippen molar-refractivity contribution in [2.24, 2.45) is 0 Å². The van der Waals surface area contributed by atoms with Gasteiger partial charge in [-0.3, -0.25) is 4.79 Å². The fourth-order valence-corrected chi connectivity index (χ4v) is 4.00. The van der Waals surface area contributed by atoms with Gasteiger partial charge < -0.3 is 4.74 Å². The van der Waals surface area contributed by atoms with Crippen LogP contribution in [0, 0.1) is 13.8 Å². The van der Waals surface area contributed by atoms with Gasteiger partial charge in [0.2, 0.25) is 0 Å². The molecule has 1 atom stereocenters. The van der Waals surface area contributed by atoms with Crippen LogP contribution in [0.4, 0.5) is 0 Å². The Morgan fingerprint density at radius 2 is 1.83 bits per heavy atom. The van der Waals surface area contributed by atoms with Crippen molar-refractivity contribution in [3.8, 4) is 11.3 Å². The molecular weight excluding hydrogens is 362 g/mol. The van der Waals surface area contributed by atoms with Gasteiger partial charge in [0.25, 0.3) is 0 Å². The van der Waals surface area contributed by atoms with Gasteiger partial charge in [-0.15, -0.1) is 0 Å². The molecule has 0 saturated heterocycles. The van der Waals surface area contributed by atoms with Crippen LogP contribution in [0.15, 0.2) is 48.5 Å². The molecular formula is C24H25N3O2. The molecule has 0 bridgehead atoms. The van der Waals surface area contributed by atoms with Crippen molar-refractivity contribution in [2.45, 2.75) is 39.5 Å². The van der Waals surface area contributed by atoms with E-state index in [1.807, 2.05) is 35.7 Å². The fourth-order valence-electron chi connectivity index (χ4n) is 4.00. The van der Waals surface area contributed by atoms with E-state index < -0.39 is 0 Å². The molecule has 2 aromatic heterocycles. The summed E-state index contributed by atoms with van der Waals surface area (Å²) in [5, 5.41) is 5.85. The van der Waals surface area contributed by atoms with E-state index in [-0.39, 0.29) is 11.9 Å². The van der Waals surface area contributed by atoms with Gasteiger partial charge in [0.1, 0.15) is 0 Å². The van der Waals surface area contributed by atoms with Crippen LogP contribution in [0.2, 0.25) is 0 Å². The summed E-state index contributed by atoms with van der Waals surface area (Å²) in [7, 11) is 1.44. The summed E-state index contributed by atoms with van der Waals surface area (Å²) < 4.78 is 7.05. The van der Waals surface area contributed by atoms with Crippen LogP contribution in [0.1, 0.15) is 42.5 Å². The van der Waals surface area contributed by atoms with Gasteiger partial charge in [-0.2, -0.15) is 5.10 Å². The first-order chi connectivity index (χ1) is 14.0. The van der Waals surface area contributed by atoms with Crippen molar-refractivity contribution in [1.82, 2.24) is 14.6 Å². The van der Waals surface area contributed by atoms with E-state index in [1.54, 1.807) is 0 Å². The van der Waals surface area contributed by atoms with E-state index in [0.717, 1.165) is 45.5 Å². The van der Waals surface area contributed by atoms with Gasteiger partial charge >= 0.3 is 5.97 Å². The van der Waals surface area contributed by atoms with Crippen LogP contribution in [0.25, 0.3) is 27.8 Å². The first-order valence-corrected chi connectivity index (χ1v) is 9.98. The van der Waals surface area contributed by atoms with Gasteiger partial charge in [0.05, 0.1) is 24.2 Å². The molecule has 0 aliphatic carbocycles. The lowest BCUT2D eigenvalue weighted by molar-refractivity contribution is -0.142. The minimum absolute atomic E-state index is 0.235. The van der Waals surface area contributed by atoms with Crippen molar-refractivity contribution >= 4 is 22.5 Å². The highest BCUT2D eigenvalue weighted by atomic mass is 16.5. The number of carbonyl (C=O) groups excluding carboxylic acids is 1. The Morgan fingerprint density at radius 3 is 2.52 bits per heavy atom. The minimum atomic E-state index is -0.384. The molecule has 5 heteroatoms. The second-order valence-electron chi connectivity index (χ2n) is 7.44. The monoisotopic (exact) mass is 387 g/mol. The highest BCUT2D eigenvalue weighted by Gasteiger charge is 2.29. The molecule has 0 aliphatic rings. The smallest absolute Gasteiger partial charge is 0.313 e.